The summed E-state index contributed by atoms with van der Waals surface area (Å²) in [6.45, 7) is 2.45. The molecule has 1 fully saturated rings. The van der Waals surface area contributed by atoms with Crippen molar-refractivity contribution >= 4 is 52.5 Å². The Morgan fingerprint density at radius 2 is 1.72 bits per heavy atom. The Morgan fingerprint density at radius 1 is 1.00 bits per heavy atom. The molecule has 1 amide bonds. The first kappa shape index (κ1) is 34.4. The summed E-state index contributed by atoms with van der Waals surface area (Å²) >= 11 is 17.9. The van der Waals surface area contributed by atoms with Gasteiger partial charge in [0, 0.05) is 29.7 Å². The van der Waals surface area contributed by atoms with E-state index in [1.807, 2.05) is 6.92 Å². The predicted octanol–water partition coefficient (Wildman–Crippen LogP) is 7.19. The molecule has 242 valence electrons. The first-order valence-electron chi connectivity index (χ1n) is 14.2. The summed E-state index contributed by atoms with van der Waals surface area (Å²) in [7, 11) is 1.13. The highest BCUT2D eigenvalue weighted by atomic mass is 35.5. The lowest BCUT2D eigenvalue weighted by Crippen LogP contribution is -2.46. The zero-order valence-electron chi connectivity index (χ0n) is 24.8. The van der Waals surface area contributed by atoms with Gasteiger partial charge in [0.15, 0.2) is 0 Å². The number of hydrogen-bond acceptors (Lipinski definition) is 9. The quantitative estimate of drug-likeness (QED) is 0.0849. The number of halogens is 3. The Hall–Kier alpha value is -4.46. The van der Waals surface area contributed by atoms with Crippen molar-refractivity contribution in [2.24, 2.45) is 0 Å². The summed E-state index contributed by atoms with van der Waals surface area (Å²) < 4.78 is 11.9. The van der Waals surface area contributed by atoms with Crippen LogP contribution in [-0.4, -0.2) is 61.3 Å². The minimum Gasteiger partial charge on any atom is -0.465 e. The molecule has 0 spiro atoms. The molecule has 0 radical (unpaired) electrons. The molecular formula is C30H29Cl3N6O7. The number of hydrogen-bond donors (Lipinski definition) is 0. The molecule has 5 rings (SSSR count). The lowest BCUT2D eigenvalue weighted by molar-refractivity contribution is -0.385. The molecule has 1 aliphatic rings. The molecule has 0 saturated heterocycles. The maximum atomic E-state index is 12.8. The van der Waals surface area contributed by atoms with Gasteiger partial charge in [0.2, 0.25) is 0 Å². The van der Waals surface area contributed by atoms with Crippen molar-refractivity contribution in [1.29, 1.82) is 0 Å². The van der Waals surface area contributed by atoms with E-state index in [1.54, 1.807) is 41.3 Å². The number of amides is 1. The van der Waals surface area contributed by atoms with Crippen LogP contribution >= 0.6 is 34.8 Å². The largest absolute Gasteiger partial charge is 0.465 e. The summed E-state index contributed by atoms with van der Waals surface area (Å²) in [6, 6.07) is 14.9. The minimum absolute atomic E-state index is 0.161. The number of esters is 1. The zero-order chi connectivity index (χ0) is 33.4. The van der Waals surface area contributed by atoms with Gasteiger partial charge < -0.3 is 14.4 Å². The van der Waals surface area contributed by atoms with Gasteiger partial charge in [-0.1, -0.05) is 66.2 Å². The highest BCUT2D eigenvalue weighted by Gasteiger charge is 2.28. The van der Waals surface area contributed by atoms with Gasteiger partial charge in [0.1, 0.15) is 17.1 Å². The molecular weight excluding hydrogens is 663 g/mol. The Kier molecular flexibility index (Phi) is 11.7. The number of aromatic nitrogens is 4. The number of carbonyl (C=O) groups excluding carboxylic acids is 2. The number of carbonyl (C=O) groups is 2. The highest BCUT2D eigenvalue weighted by molar-refractivity contribution is 6.35. The van der Waals surface area contributed by atoms with Crippen LogP contribution in [0.25, 0.3) is 5.69 Å². The number of tetrazole rings is 1. The van der Waals surface area contributed by atoms with E-state index in [0.29, 0.717) is 28.0 Å². The smallest absolute Gasteiger partial charge is 0.377 e. The summed E-state index contributed by atoms with van der Waals surface area (Å²) in [4.78, 5) is 48.9. The van der Waals surface area contributed by atoms with Crippen molar-refractivity contribution in [1.82, 2.24) is 24.7 Å². The van der Waals surface area contributed by atoms with Crippen molar-refractivity contribution in [2.45, 2.75) is 45.1 Å². The van der Waals surface area contributed by atoms with E-state index in [4.69, 9.17) is 39.5 Å². The van der Waals surface area contributed by atoms with E-state index in [1.165, 1.54) is 24.6 Å². The first-order valence-corrected chi connectivity index (χ1v) is 15.3. The third-order valence-corrected chi connectivity index (χ3v) is 7.99. The molecule has 3 aromatic carbocycles. The van der Waals surface area contributed by atoms with Gasteiger partial charge in [-0.25, -0.2) is 14.4 Å². The van der Waals surface area contributed by atoms with E-state index in [0.717, 1.165) is 48.2 Å². The number of para-hydroxylation sites is 1. The number of ether oxygens (including phenoxy) is 2. The van der Waals surface area contributed by atoms with Crippen LogP contribution in [0.4, 0.5) is 10.5 Å². The molecule has 4 aromatic rings. The second-order valence-electron chi connectivity index (χ2n) is 10.0. The van der Waals surface area contributed by atoms with Crippen LogP contribution < -0.4 is 10.4 Å². The van der Waals surface area contributed by atoms with Crippen LogP contribution in [0.5, 0.6) is 11.5 Å². The number of nitro groups is 1. The molecule has 1 saturated carbocycles. The van der Waals surface area contributed by atoms with E-state index in [-0.39, 0.29) is 28.1 Å². The zero-order valence-corrected chi connectivity index (χ0v) is 27.0. The van der Waals surface area contributed by atoms with Crippen LogP contribution in [0.15, 0.2) is 65.5 Å². The summed E-state index contributed by atoms with van der Waals surface area (Å²) in [6.07, 6.45) is 5.34. The van der Waals surface area contributed by atoms with Crippen LogP contribution in [0, 0.1) is 10.1 Å². The second kappa shape index (κ2) is 15.7. The standard InChI is InChI=1S/C16H20ClN5O2.C14H9Cl2NO5/c1-2-20(12-8-4-3-5-9-12)15(23)22-16(24)21(18-19-22)14-11-7-6-10-13(14)17;1-21-14(18)10-7-9(3-4-12(10)17(19)20)22-13-5-2-8(15)6-11(13)16/h6-7,10-12H,2-5,8-9H2,1H3;2-7H,1H3. The van der Waals surface area contributed by atoms with Gasteiger partial charge in [-0.3, -0.25) is 10.1 Å². The number of nitro benzene ring substituents is 1. The minimum atomic E-state index is -0.834. The number of rotatable bonds is 7. The normalized spacial score (nSPS) is 12.9. The molecule has 0 aliphatic heterocycles. The van der Waals surface area contributed by atoms with Crippen LogP contribution in [0.3, 0.4) is 0 Å². The maximum Gasteiger partial charge on any atom is 0.377 e. The second-order valence-corrected chi connectivity index (χ2v) is 11.3. The van der Waals surface area contributed by atoms with Crippen molar-refractivity contribution in [2.75, 3.05) is 13.7 Å². The lowest BCUT2D eigenvalue weighted by Gasteiger charge is -2.32. The van der Waals surface area contributed by atoms with E-state index in [2.05, 4.69) is 15.2 Å². The SMILES string of the molecule is CCN(C(=O)n1nnn(-c2ccccc2Cl)c1=O)C1CCCCC1.COC(=O)c1cc(Oc2ccc(Cl)cc2Cl)ccc1[N+](=O)[O-]. The molecule has 0 atom stereocenters. The number of benzene rings is 3. The van der Waals surface area contributed by atoms with E-state index < -0.39 is 22.6 Å². The molecule has 16 heteroatoms. The summed E-state index contributed by atoms with van der Waals surface area (Å²) in [5.41, 5.74) is -0.789. The van der Waals surface area contributed by atoms with Crippen LogP contribution in [-0.2, 0) is 4.74 Å². The van der Waals surface area contributed by atoms with Crippen molar-refractivity contribution < 1.29 is 24.0 Å². The van der Waals surface area contributed by atoms with Crippen LogP contribution in [0.2, 0.25) is 15.1 Å². The molecule has 13 nitrogen and oxygen atoms in total. The van der Waals surface area contributed by atoms with Crippen molar-refractivity contribution in [3.63, 3.8) is 0 Å². The molecule has 1 aliphatic carbocycles. The fourth-order valence-corrected chi connectivity index (χ4v) is 5.56. The number of nitrogens with zero attached hydrogens (tertiary/aromatic N) is 6. The molecule has 0 N–H and O–H groups in total. The van der Waals surface area contributed by atoms with Gasteiger partial charge in [0.05, 0.1) is 27.8 Å². The van der Waals surface area contributed by atoms with Crippen molar-refractivity contribution in [3.8, 4) is 17.2 Å². The molecule has 0 unspecified atom stereocenters. The third-order valence-electron chi connectivity index (χ3n) is 7.14. The van der Waals surface area contributed by atoms with Crippen molar-refractivity contribution in [3.05, 3.63) is 102 Å². The molecule has 0 bridgehead atoms. The predicted molar refractivity (Wildman–Crippen MR) is 172 cm³/mol. The van der Waals surface area contributed by atoms with Gasteiger partial charge in [0.25, 0.3) is 5.69 Å². The van der Waals surface area contributed by atoms with Gasteiger partial charge in [-0.05, 0) is 66.6 Å². The first-order chi connectivity index (χ1) is 22.0. The highest BCUT2D eigenvalue weighted by Crippen LogP contribution is 2.33. The fourth-order valence-electron chi connectivity index (χ4n) is 4.90. The molecule has 1 heterocycles. The third kappa shape index (κ3) is 8.03. The Morgan fingerprint density at radius 3 is 2.35 bits per heavy atom. The Balaban J connectivity index is 0.000000210. The lowest BCUT2D eigenvalue weighted by atomic mass is 9.94. The van der Waals surface area contributed by atoms with Gasteiger partial charge in [-0.2, -0.15) is 4.68 Å². The van der Waals surface area contributed by atoms with Gasteiger partial charge >= 0.3 is 17.7 Å². The number of methoxy groups -OCH3 is 1. The summed E-state index contributed by atoms with van der Waals surface area (Å²) in [5.74, 6) is -0.328. The Labute approximate surface area is 278 Å². The average Bonchev–Trinajstić information content (AvgIpc) is 3.44. The molecule has 1 aromatic heterocycles. The van der Waals surface area contributed by atoms with E-state index >= 15 is 0 Å². The van der Waals surface area contributed by atoms with Crippen LogP contribution in [0.1, 0.15) is 49.4 Å². The van der Waals surface area contributed by atoms with Gasteiger partial charge in [-0.15, -0.1) is 4.68 Å². The Bertz CT molecular complexity index is 1790. The average molecular weight is 692 g/mol. The fraction of sp³-hybridized carbons (Fsp3) is 0.300. The molecule has 46 heavy (non-hydrogen) atoms. The monoisotopic (exact) mass is 690 g/mol. The topological polar surface area (TPSA) is 152 Å². The summed E-state index contributed by atoms with van der Waals surface area (Å²) in [5, 5.41) is 19.6. The van der Waals surface area contributed by atoms with E-state index in [9.17, 15) is 24.5 Å². The maximum absolute atomic E-state index is 12.8.